The summed E-state index contributed by atoms with van der Waals surface area (Å²) in [6.07, 6.45) is 0.698. The molecule has 1 fully saturated rings. The maximum absolute atomic E-state index is 12.4. The van der Waals surface area contributed by atoms with Gasteiger partial charge in [-0.3, -0.25) is 4.79 Å². The highest BCUT2D eigenvalue weighted by molar-refractivity contribution is 9.10. The first-order valence-electron chi connectivity index (χ1n) is 5.79. The van der Waals surface area contributed by atoms with Crippen LogP contribution in [0.15, 0.2) is 22.7 Å². The monoisotopic (exact) mass is 296 g/mol. The normalized spacial score (nSPS) is 31.4. The Balaban J connectivity index is 2.04. The Bertz CT molecular complexity index is 472. The molecule has 17 heavy (non-hydrogen) atoms. The molecule has 0 saturated carbocycles. The molecule has 1 aromatic carbocycles. The van der Waals surface area contributed by atoms with Crippen LogP contribution in [0.3, 0.4) is 0 Å². The molecule has 3 atom stereocenters. The number of carbonyl (C=O) groups is 1. The average Bonchev–Trinajstić information content (AvgIpc) is 2.30. The topological polar surface area (TPSA) is 35.5 Å². The second-order valence-corrected chi connectivity index (χ2v) is 5.47. The lowest BCUT2D eigenvalue weighted by molar-refractivity contribution is -0.0657. The van der Waals surface area contributed by atoms with Crippen molar-refractivity contribution in [2.24, 2.45) is 5.92 Å². The third kappa shape index (κ3) is 1.79. The summed E-state index contributed by atoms with van der Waals surface area (Å²) in [6, 6.07) is 5.58. The second kappa shape index (κ2) is 4.10. The van der Waals surface area contributed by atoms with E-state index in [-0.39, 0.29) is 23.9 Å². The summed E-state index contributed by atoms with van der Waals surface area (Å²) < 4.78 is 12.4. The maximum atomic E-state index is 12.4. The first kappa shape index (κ1) is 11.2. The van der Waals surface area contributed by atoms with Crippen LogP contribution >= 0.6 is 15.9 Å². The highest BCUT2D eigenvalue weighted by Gasteiger charge is 2.43. The fourth-order valence-corrected chi connectivity index (χ4v) is 2.97. The van der Waals surface area contributed by atoms with Crippen LogP contribution in [0.5, 0.6) is 5.75 Å². The van der Waals surface area contributed by atoms with Crippen LogP contribution in [-0.2, 0) is 4.74 Å². The number of hydrogen-bond donors (Lipinski definition) is 0. The van der Waals surface area contributed by atoms with Crippen LogP contribution in [0.2, 0.25) is 0 Å². The van der Waals surface area contributed by atoms with Crippen molar-refractivity contribution in [3.8, 4) is 5.75 Å². The summed E-state index contributed by atoms with van der Waals surface area (Å²) in [5, 5.41) is 0. The first-order valence-corrected chi connectivity index (χ1v) is 6.58. The van der Waals surface area contributed by atoms with Gasteiger partial charge in [-0.25, -0.2) is 0 Å². The smallest absolute Gasteiger partial charge is 0.176 e. The van der Waals surface area contributed by atoms with Gasteiger partial charge in [0, 0.05) is 10.9 Å². The van der Waals surface area contributed by atoms with Gasteiger partial charge in [-0.05, 0) is 25.1 Å². The molecule has 3 nitrogen and oxygen atoms in total. The lowest BCUT2D eigenvalue weighted by Gasteiger charge is -2.39. The van der Waals surface area contributed by atoms with E-state index in [1.165, 1.54) is 0 Å². The standard InChI is InChI=1S/C13H13BrO3/c1-7-12-11(4-5-16-7)17-10-3-2-8(14)6-9(10)13(12)15/h2-3,6-7,11-12H,4-5H2,1H3. The van der Waals surface area contributed by atoms with E-state index in [2.05, 4.69) is 15.9 Å². The summed E-state index contributed by atoms with van der Waals surface area (Å²) >= 11 is 3.38. The van der Waals surface area contributed by atoms with E-state index in [0.717, 1.165) is 10.9 Å². The minimum Gasteiger partial charge on any atom is -0.489 e. The SMILES string of the molecule is CC1OCCC2Oc3ccc(Br)cc3C(=O)C12. The molecule has 0 radical (unpaired) electrons. The van der Waals surface area contributed by atoms with E-state index in [1.54, 1.807) is 0 Å². The Hall–Kier alpha value is -0.870. The quantitative estimate of drug-likeness (QED) is 0.738. The summed E-state index contributed by atoms with van der Waals surface area (Å²) in [7, 11) is 0. The molecule has 90 valence electrons. The molecular weight excluding hydrogens is 284 g/mol. The molecule has 3 rings (SSSR count). The van der Waals surface area contributed by atoms with Crippen molar-refractivity contribution in [1.29, 1.82) is 0 Å². The molecule has 0 N–H and O–H groups in total. The van der Waals surface area contributed by atoms with Crippen molar-refractivity contribution in [2.45, 2.75) is 25.6 Å². The first-order chi connectivity index (χ1) is 8.16. The van der Waals surface area contributed by atoms with Crippen molar-refractivity contribution in [3.63, 3.8) is 0 Å². The van der Waals surface area contributed by atoms with Crippen molar-refractivity contribution in [1.82, 2.24) is 0 Å². The fourth-order valence-electron chi connectivity index (χ4n) is 2.61. The van der Waals surface area contributed by atoms with E-state index >= 15 is 0 Å². The number of rotatable bonds is 0. The van der Waals surface area contributed by atoms with Crippen molar-refractivity contribution in [2.75, 3.05) is 6.61 Å². The second-order valence-electron chi connectivity index (χ2n) is 4.55. The molecule has 0 aliphatic carbocycles. The third-order valence-electron chi connectivity index (χ3n) is 3.48. The summed E-state index contributed by atoms with van der Waals surface area (Å²) in [5.74, 6) is 0.684. The molecule has 1 aromatic rings. The van der Waals surface area contributed by atoms with Gasteiger partial charge in [0.05, 0.1) is 24.2 Å². The van der Waals surface area contributed by atoms with Crippen LogP contribution in [0.1, 0.15) is 23.7 Å². The summed E-state index contributed by atoms with van der Waals surface area (Å²) in [6.45, 7) is 2.61. The fraction of sp³-hybridized carbons (Fsp3) is 0.462. The van der Waals surface area contributed by atoms with E-state index in [0.29, 0.717) is 17.9 Å². The van der Waals surface area contributed by atoms with Crippen LogP contribution < -0.4 is 4.74 Å². The molecule has 2 heterocycles. The highest BCUT2D eigenvalue weighted by Crippen LogP contribution is 2.37. The highest BCUT2D eigenvalue weighted by atomic mass is 79.9. The number of carbonyl (C=O) groups excluding carboxylic acids is 1. The van der Waals surface area contributed by atoms with Crippen molar-refractivity contribution < 1.29 is 14.3 Å². The Kier molecular flexibility index (Phi) is 2.71. The van der Waals surface area contributed by atoms with Gasteiger partial charge in [0.2, 0.25) is 0 Å². The van der Waals surface area contributed by atoms with Gasteiger partial charge in [-0.2, -0.15) is 0 Å². The van der Waals surface area contributed by atoms with Gasteiger partial charge >= 0.3 is 0 Å². The largest absolute Gasteiger partial charge is 0.489 e. The molecular formula is C13H13BrO3. The zero-order valence-electron chi connectivity index (χ0n) is 9.48. The number of ether oxygens (including phenoxy) is 2. The van der Waals surface area contributed by atoms with Gasteiger partial charge in [0.25, 0.3) is 0 Å². The minimum atomic E-state index is -0.162. The number of ketones is 1. The van der Waals surface area contributed by atoms with Crippen LogP contribution in [0.4, 0.5) is 0 Å². The van der Waals surface area contributed by atoms with Gasteiger partial charge < -0.3 is 9.47 Å². The zero-order chi connectivity index (χ0) is 12.0. The third-order valence-corrected chi connectivity index (χ3v) is 3.97. The summed E-state index contributed by atoms with van der Waals surface area (Å²) in [4.78, 5) is 12.4. The van der Waals surface area contributed by atoms with E-state index in [4.69, 9.17) is 9.47 Å². The number of Topliss-reactive ketones (excluding diaryl/α,β-unsaturated/α-hetero) is 1. The molecule has 3 unspecified atom stereocenters. The molecule has 1 saturated heterocycles. The maximum Gasteiger partial charge on any atom is 0.176 e. The van der Waals surface area contributed by atoms with Gasteiger partial charge in [-0.1, -0.05) is 15.9 Å². The van der Waals surface area contributed by atoms with Crippen LogP contribution in [0.25, 0.3) is 0 Å². The Morgan fingerprint density at radius 2 is 2.24 bits per heavy atom. The number of halogens is 1. The lowest BCUT2D eigenvalue weighted by atomic mass is 9.83. The molecule has 2 aliphatic rings. The van der Waals surface area contributed by atoms with Crippen molar-refractivity contribution >= 4 is 21.7 Å². The van der Waals surface area contributed by atoms with Crippen molar-refractivity contribution in [3.05, 3.63) is 28.2 Å². The van der Waals surface area contributed by atoms with Gasteiger partial charge in [-0.15, -0.1) is 0 Å². The molecule has 0 spiro atoms. The Labute approximate surface area is 108 Å². The molecule has 0 bridgehead atoms. The Morgan fingerprint density at radius 3 is 3.06 bits per heavy atom. The number of benzene rings is 1. The molecule has 0 aromatic heterocycles. The zero-order valence-corrected chi connectivity index (χ0v) is 11.1. The van der Waals surface area contributed by atoms with Gasteiger partial charge in [0.1, 0.15) is 11.9 Å². The molecule has 2 aliphatic heterocycles. The van der Waals surface area contributed by atoms with E-state index in [9.17, 15) is 4.79 Å². The predicted molar refractivity (Wildman–Crippen MR) is 66.4 cm³/mol. The van der Waals surface area contributed by atoms with Crippen LogP contribution in [0, 0.1) is 5.92 Å². The molecule has 4 heteroatoms. The predicted octanol–water partition coefficient (Wildman–Crippen LogP) is 2.82. The minimum absolute atomic E-state index is 0.0278. The number of hydrogen-bond acceptors (Lipinski definition) is 3. The summed E-state index contributed by atoms with van der Waals surface area (Å²) in [5.41, 5.74) is 0.665. The van der Waals surface area contributed by atoms with Crippen LogP contribution in [-0.4, -0.2) is 24.6 Å². The average molecular weight is 297 g/mol. The molecule has 0 amide bonds. The van der Waals surface area contributed by atoms with E-state index in [1.807, 2.05) is 25.1 Å². The number of fused-ring (bicyclic) bond motifs is 2. The Morgan fingerprint density at radius 1 is 1.41 bits per heavy atom. The van der Waals surface area contributed by atoms with E-state index < -0.39 is 0 Å². The van der Waals surface area contributed by atoms with Gasteiger partial charge in [0.15, 0.2) is 5.78 Å². The lowest BCUT2D eigenvalue weighted by Crippen LogP contribution is -2.48.